The third-order valence-electron chi connectivity index (χ3n) is 3.35. The van der Waals surface area contributed by atoms with E-state index in [4.69, 9.17) is 9.84 Å². The number of aromatic nitrogens is 1. The minimum absolute atomic E-state index is 0.00815. The van der Waals surface area contributed by atoms with Crippen LogP contribution in [0.4, 0.5) is 0 Å². The van der Waals surface area contributed by atoms with Gasteiger partial charge in [-0.3, -0.25) is 0 Å². The molecule has 5 nitrogen and oxygen atoms in total. The highest BCUT2D eigenvalue weighted by Gasteiger charge is 2.00. The second-order valence-corrected chi connectivity index (χ2v) is 5.77. The molecule has 0 fully saturated rings. The first-order valence-corrected chi connectivity index (χ1v) is 8.28. The fourth-order valence-electron chi connectivity index (χ4n) is 1.98. The number of ether oxygens (including phenoxy) is 1. The minimum atomic E-state index is -0.00815. The molecule has 4 N–H and O–H groups in total. The molecule has 0 unspecified atom stereocenters. The summed E-state index contributed by atoms with van der Waals surface area (Å²) in [5.41, 5.74) is 6.51. The standard InChI is InChI=1S/C18H24N2O2.CH5N/c1-14(2)9-10-19-11-15-3-6-17(7-4-15)22-18-8-5-16(13-21)12-20-18;1-2/h3-8,12,14,19,21H,9-11,13H2,1-2H3;2H2,1H3. The lowest BCUT2D eigenvalue weighted by Crippen LogP contribution is -2.16. The Balaban J connectivity index is 0.00000139. The van der Waals surface area contributed by atoms with Crippen LogP contribution >= 0.6 is 0 Å². The Morgan fingerprint density at radius 1 is 1.08 bits per heavy atom. The minimum Gasteiger partial charge on any atom is -0.439 e. The molecule has 132 valence electrons. The molecule has 1 aromatic heterocycles. The van der Waals surface area contributed by atoms with Crippen LogP contribution in [-0.4, -0.2) is 23.7 Å². The number of pyridine rings is 1. The number of hydrogen-bond acceptors (Lipinski definition) is 5. The zero-order valence-corrected chi connectivity index (χ0v) is 14.8. The molecule has 0 saturated carbocycles. The predicted octanol–water partition coefficient (Wildman–Crippen LogP) is 3.08. The Bertz CT molecular complexity index is 554. The fraction of sp³-hybridized carbons (Fsp3) is 0.421. The molecular weight excluding hydrogens is 302 g/mol. The van der Waals surface area contributed by atoms with E-state index in [1.165, 1.54) is 19.0 Å². The molecule has 0 aliphatic rings. The van der Waals surface area contributed by atoms with E-state index in [-0.39, 0.29) is 6.61 Å². The smallest absolute Gasteiger partial charge is 0.219 e. The summed E-state index contributed by atoms with van der Waals surface area (Å²) in [6, 6.07) is 11.6. The summed E-state index contributed by atoms with van der Waals surface area (Å²) >= 11 is 0. The molecule has 2 aromatic rings. The molecule has 24 heavy (non-hydrogen) atoms. The molecule has 1 aromatic carbocycles. The van der Waals surface area contributed by atoms with Crippen molar-refractivity contribution in [1.29, 1.82) is 0 Å². The van der Waals surface area contributed by atoms with Crippen molar-refractivity contribution in [3.05, 3.63) is 53.7 Å². The molecular formula is C19H29N3O2. The lowest BCUT2D eigenvalue weighted by atomic mass is 10.1. The van der Waals surface area contributed by atoms with Crippen molar-refractivity contribution in [2.24, 2.45) is 11.7 Å². The molecule has 0 atom stereocenters. The third kappa shape index (κ3) is 7.55. The molecule has 0 radical (unpaired) electrons. The first kappa shape index (κ1) is 20.1. The topological polar surface area (TPSA) is 80.4 Å². The highest BCUT2D eigenvalue weighted by molar-refractivity contribution is 5.30. The number of aliphatic hydroxyl groups is 1. The summed E-state index contributed by atoms with van der Waals surface area (Å²) in [5.74, 6) is 2.02. The highest BCUT2D eigenvalue weighted by atomic mass is 16.5. The molecule has 0 saturated heterocycles. The van der Waals surface area contributed by atoms with Gasteiger partial charge in [-0.15, -0.1) is 0 Å². The van der Waals surface area contributed by atoms with E-state index in [0.29, 0.717) is 5.88 Å². The van der Waals surface area contributed by atoms with Gasteiger partial charge in [-0.25, -0.2) is 4.98 Å². The zero-order chi connectivity index (χ0) is 17.8. The average Bonchev–Trinajstić information content (AvgIpc) is 2.62. The summed E-state index contributed by atoms with van der Waals surface area (Å²) in [7, 11) is 1.50. The van der Waals surface area contributed by atoms with Crippen molar-refractivity contribution in [3.8, 4) is 11.6 Å². The Morgan fingerprint density at radius 2 is 1.75 bits per heavy atom. The summed E-state index contributed by atoms with van der Waals surface area (Å²) in [6.45, 7) is 6.36. The number of hydrogen-bond donors (Lipinski definition) is 3. The van der Waals surface area contributed by atoms with Crippen molar-refractivity contribution in [3.63, 3.8) is 0 Å². The Morgan fingerprint density at radius 3 is 2.29 bits per heavy atom. The van der Waals surface area contributed by atoms with Gasteiger partial charge in [0.25, 0.3) is 0 Å². The Kier molecular flexibility index (Phi) is 9.68. The van der Waals surface area contributed by atoms with Crippen molar-refractivity contribution in [2.75, 3.05) is 13.6 Å². The molecule has 0 aliphatic carbocycles. The Labute approximate surface area is 144 Å². The average molecular weight is 331 g/mol. The molecule has 2 rings (SSSR count). The first-order chi connectivity index (χ1) is 11.7. The SMILES string of the molecule is CC(C)CCNCc1ccc(Oc2ccc(CO)cn2)cc1.CN. The van der Waals surface area contributed by atoms with E-state index in [1.807, 2.05) is 12.1 Å². The van der Waals surface area contributed by atoms with E-state index in [2.05, 4.69) is 42.0 Å². The number of nitrogens with one attached hydrogen (secondary N) is 1. The first-order valence-electron chi connectivity index (χ1n) is 8.28. The summed E-state index contributed by atoms with van der Waals surface area (Å²) in [5, 5.41) is 12.4. The van der Waals surface area contributed by atoms with Crippen LogP contribution in [0.5, 0.6) is 11.6 Å². The normalized spacial score (nSPS) is 10.2. The molecule has 5 heteroatoms. The van der Waals surface area contributed by atoms with Gasteiger partial charge in [0.05, 0.1) is 6.61 Å². The largest absolute Gasteiger partial charge is 0.439 e. The molecule has 1 heterocycles. The van der Waals surface area contributed by atoms with Crippen LogP contribution in [0.1, 0.15) is 31.4 Å². The second-order valence-electron chi connectivity index (χ2n) is 5.77. The molecule has 0 aliphatic heterocycles. The molecule has 0 amide bonds. The number of nitrogens with zero attached hydrogens (tertiary/aromatic N) is 1. The second kappa shape index (κ2) is 11.6. The third-order valence-corrected chi connectivity index (χ3v) is 3.35. The fourth-order valence-corrected chi connectivity index (χ4v) is 1.98. The van der Waals surface area contributed by atoms with Gasteiger partial charge < -0.3 is 20.9 Å². The van der Waals surface area contributed by atoms with E-state index >= 15 is 0 Å². The van der Waals surface area contributed by atoms with Crippen LogP contribution < -0.4 is 15.8 Å². The lowest BCUT2D eigenvalue weighted by molar-refractivity contribution is 0.281. The maximum atomic E-state index is 8.98. The lowest BCUT2D eigenvalue weighted by Gasteiger charge is -2.08. The van der Waals surface area contributed by atoms with Gasteiger partial charge in [-0.2, -0.15) is 0 Å². The van der Waals surface area contributed by atoms with E-state index in [9.17, 15) is 0 Å². The van der Waals surface area contributed by atoms with Gasteiger partial charge in [-0.05, 0) is 55.3 Å². The predicted molar refractivity (Wildman–Crippen MR) is 97.9 cm³/mol. The number of rotatable bonds is 8. The van der Waals surface area contributed by atoms with Crippen molar-refractivity contribution >= 4 is 0 Å². The van der Waals surface area contributed by atoms with Crippen LogP contribution in [0.2, 0.25) is 0 Å². The van der Waals surface area contributed by atoms with Gasteiger partial charge in [0, 0.05) is 18.8 Å². The van der Waals surface area contributed by atoms with E-state index in [0.717, 1.165) is 30.3 Å². The molecule has 0 bridgehead atoms. The van der Waals surface area contributed by atoms with Gasteiger partial charge in [0.1, 0.15) is 5.75 Å². The van der Waals surface area contributed by atoms with E-state index in [1.54, 1.807) is 18.3 Å². The van der Waals surface area contributed by atoms with Gasteiger partial charge in [0.2, 0.25) is 5.88 Å². The van der Waals surface area contributed by atoms with Crippen LogP contribution in [0.3, 0.4) is 0 Å². The van der Waals surface area contributed by atoms with Crippen molar-refractivity contribution in [1.82, 2.24) is 10.3 Å². The molecule has 0 spiro atoms. The maximum absolute atomic E-state index is 8.98. The van der Waals surface area contributed by atoms with Gasteiger partial charge in [-0.1, -0.05) is 26.0 Å². The van der Waals surface area contributed by atoms with Crippen LogP contribution in [0.25, 0.3) is 0 Å². The van der Waals surface area contributed by atoms with Crippen molar-refractivity contribution < 1.29 is 9.84 Å². The van der Waals surface area contributed by atoms with Gasteiger partial charge >= 0.3 is 0 Å². The highest BCUT2D eigenvalue weighted by Crippen LogP contribution is 2.20. The number of nitrogens with two attached hydrogens (primary N) is 1. The van der Waals surface area contributed by atoms with E-state index < -0.39 is 0 Å². The maximum Gasteiger partial charge on any atom is 0.219 e. The summed E-state index contributed by atoms with van der Waals surface area (Å²) in [4.78, 5) is 4.15. The summed E-state index contributed by atoms with van der Waals surface area (Å²) in [6.07, 6.45) is 2.80. The van der Waals surface area contributed by atoms with Gasteiger partial charge in [0.15, 0.2) is 0 Å². The zero-order valence-electron chi connectivity index (χ0n) is 14.8. The number of benzene rings is 1. The van der Waals surface area contributed by atoms with Crippen LogP contribution in [0.15, 0.2) is 42.6 Å². The quantitative estimate of drug-likeness (QED) is 0.648. The Hall–Kier alpha value is -1.95. The van der Waals surface area contributed by atoms with Crippen molar-refractivity contribution in [2.45, 2.75) is 33.4 Å². The van der Waals surface area contributed by atoms with Crippen LogP contribution in [0, 0.1) is 5.92 Å². The monoisotopic (exact) mass is 331 g/mol. The van der Waals surface area contributed by atoms with Crippen LogP contribution in [-0.2, 0) is 13.2 Å². The number of aliphatic hydroxyl groups excluding tert-OH is 1. The summed E-state index contributed by atoms with van der Waals surface area (Å²) < 4.78 is 5.68.